The summed E-state index contributed by atoms with van der Waals surface area (Å²) in [4.78, 5) is 6.10. The fraction of sp³-hybridized carbons (Fsp3) is 0.812. The SMILES string of the molecule is CCNC(c1sc(C)nc1C)C1CCC(CC)CC1. The van der Waals surface area contributed by atoms with Crippen molar-refractivity contribution in [2.75, 3.05) is 6.54 Å². The molecule has 1 fully saturated rings. The van der Waals surface area contributed by atoms with Gasteiger partial charge in [-0.3, -0.25) is 0 Å². The smallest absolute Gasteiger partial charge is 0.0900 e. The van der Waals surface area contributed by atoms with Gasteiger partial charge in [0.2, 0.25) is 0 Å². The van der Waals surface area contributed by atoms with Gasteiger partial charge in [-0.05, 0) is 45.1 Å². The van der Waals surface area contributed by atoms with Gasteiger partial charge >= 0.3 is 0 Å². The first-order chi connectivity index (χ1) is 9.15. The molecule has 108 valence electrons. The van der Waals surface area contributed by atoms with Crippen LogP contribution in [0.2, 0.25) is 0 Å². The number of hydrogen-bond acceptors (Lipinski definition) is 3. The molecule has 0 aliphatic heterocycles. The van der Waals surface area contributed by atoms with Crippen molar-refractivity contribution < 1.29 is 0 Å². The number of aryl methyl sites for hydroxylation is 2. The molecule has 1 aromatic heterocycles. The molecule has 0 saturated heterocycles. The lowest BCUT2D eigenvalue weighted by Crippen LogP contribution is -2.30. The van der Waals surface area contributed by atoms with E-state index in [9.17, 15) is 0 Å². The predicted molar refractivity (Wildman–Crippen MR) is 83.7 cm³/mol. The van der Waals surface area contributed by atoms with Gasteiger partial charge in [0, 0.05) is 10.9 Å². The highest BCUT2D eigenvalue weighted by Crippen LogP contribution is 2.40. The fourth-order valence-electron chi connectivity index (χ4n) is 3.46. The molecule has 1 aromatic rings. The lowest BCUT2D eigenvalue weighted by atomic mass is 9.77. The molecule has 1 aliphatic rings. The van der Waals surface area contributed by atoms with Gasteiger partial charge in [-0.2, -0.15) is 0 Å². The van der Waals surface area contributed by atoms with Crippen LogP contribution in [0.15, 0.2) is 0 Å². The Morgan fingerprint density at radius 2 is 1.89 bits per heavy atom. The lowest BCUT2D eigenvalue weighted by Gasteiger charge is -2.33. The predicted octanol–water partition coefficient (Wildman–Crippen LogP) is 4.63. The van der Waals surface area contributed by atoms with E-state index >= 15 is 0 Å². The van der Waals surface area contributed by atoms with Crippen LogP contribution in [0, 0.1) is 25.7 Å². The molecule has 0 bridgehead atoms. The van der Waals surface area contributed by atoms with Gasteiger partial charge in [0.15, 0.2) is 0 Å². The Balaban J connectivity index is 2.10. The summed E-state index contributed by atoms with van der Waals surface area (Å²) in [5, 5.41) is 4.93. The van der Waals surface area contributed by atoms with Gasteiger partial charge < -0.3 is 5.32 Å². The molecule has 2 nitrogen and oxygen atoms in total. The number of nitrogens with one attached hydrogen (secondary N) is 1. The first-order valence-electron chi connectivity index (χ1n) is 7.83. The Morgan fingerprint density at radius 1 is 1.21 bits per heavy atom. The zero-order chi connectivity index (χ0) is 13.8. The molecule has 0 amide bonds. The maximum atomic E-state index is 4.62. The average molecular weight is 280 g/mol. The second kappa shape index (κ2) is 6.85. The van der Waals surface area contributed by atoms with Gasteiger partial charge in [-0.15, -0.1) is 11.3 Å². The molecular weight excluding hydrogens is 252 g/mol. The second-order valence-electron chi connectivity index (χ2n) is 5.91. The highest BCUT2D eigenvalue weighted by Gasteiger charge is 2.29. The van der Waals surface area contributed by atoms with Gasteiger partial charge in [-0.25, -0.2) is 4.98 Å². The maximum Gasteiger partial charge on any atom is 0.0900 e. The summed E-state index contributed by atoms with van der Waals surface area (Å²) in [6, 6.07) is 0.536. The minimum atomic E-state index is 0.536. The van der Waals surface area contributed by atoms with E-state index in [1.807, 2.05) is 11.3 Å². The molecule has 0 aromatic carbocycles. The molecule has 2 rings (SSSR count). The van der Waals surface area contributed by atoms with Crippen molar-refractivity contribution in [2.45, 2.75) is 65.8 Å². The molecule has 19 heavy (non-hydrogen) atoms. The third kappa shape index (κ3) is 3.57. The van der Waals surface area contributed by atoms with Crippen LogP contribution in [0.4, 0.5) is 0 Å². The summed E-state index contributed by atoms with van der Waals surface area (Å²) in [5.41, 5.74) is 1.24. The van der Waals surface area contributed by atoms with Gasteiger partial charge in [0.25, 0.3) is 0 Å². The first-order valence-corrected chi connectivity index (χ1v) is 8.64. The van der Waals surface area contributed by atoms with Crippen LogP contribution in [0.5, 0.6) is 0 Å². The summed E-state index contributed by atoms with van der Waals surface area (Å²) in [6.07, 6.45) is 6.95. The fourth-order valence-corrected chi connectivity index (χ4v) is 4.56. The summed E-state index contributed by atoms with van der Waals surface area (Å²) >= 11 is 1.89. The molecule has 0 spiro atoms. The number of hydrogen-bond donors (Lipinski definition) is 1. The Bertz CT molecular complexity index is 391. The van der Waals surface area contributed by atoms with Crippen molar-refractivity contribution in [3.8, 4) is 0 Å². The molecule has 1 atom stereocenters. The molecule has 1 N–H and O–H groups in total. The largest absolute Gasteiger partial charge is 0.309 e. The Hall–Kier alpha value is -0.410. The van der Waals surface area contributed by atoms with E-state index in [4.69, 9.17) is 0 Å². The van der Waals surface area contributed by atoms with E-state index in [1.165, 1.54) is 47.7 Å². The van der Waals surface area contributed by atoms with Crippen molar-refractivity contribution in [1.82, 2.24) is 10.3 Å². The molecule has 1 aliphatic carbocycles. The summed E-state index contributed by atoms with van der Waals surface area (Å²) in [7, 11) is 0. The van der Waals surface area contributed by atoms with E-state index in [2.05, 4.69) is 38.0 Å². The van der Waals surface area contributed by atoms with E-state index in [0.29, 0.717) is 6.04 Å². The van der Waals surface area contributed by atoms with Crippen molar-refractivity contribution in [3.05, 3.63) is 15.6 Å². The van der Waals surface area contributed by atoms with Crippen LogP contribution in [-0.4, -0.2) is 11.5 Å². The van der Waals surface area contributed by atoms with Gasteiger partial charge in [-0.1, -0.05) is 33.1 Å². The Morgan fingerprint density at radius 3 is 2.37 bits per heavy atom. The van der Waals surface area contributed by atoms with E-state index in [1.54, 1.807) is 0 Å². The zero-order valence-electron chi connectivity index (χ0n) is 12.8. The van der Waals surface area contributed by atoms with Gasteiger partial charge in [0.05, 0.1) is 10.7 Å². The Labute approximate surface area is 122 Å². The number of aromatic nitrogens is 1. The first kappa shape index (κ1) is 15.0. The van der Waals surface area contributed by atoms with Crippen LogP contribution in [0.25, 0.3) is 0 Å². The third-order valence-electron chi connectivity index (χ3n) is 4.59. The highest BCUT2D eigenvalue weighted by atomic mass is 32.1. The van der Waals surface area contributed by atoms with Crippen LogP contribution in [-0.2, 0) is 0 Å². The molecule has 3 heteroatoms. The molecule has 0 radical (unpaired) electrons. The summed E-state index contributed by atoms with van der Waals surface area (Å²) < 4.78 is 0. The topological polar surface area (TPSA) is 24.9 Å². The summed E-state index contributed by atoms with van der Waals surface area (Å²) in [5.74, 6) is 1.78. The lowest BCUT2D eigenvalue weighted by molar-refractivity contribution is 0.221. The number of nitrogens with zero attached hydrogens (tertiary/aromatic N) is 1. The minimum absolute atomic E-state index is 0.536. The van der Waals surface area contributed by atoms with E-state index in [0.717, 1.165) is 18.4 Å². The standard InChI is InChI=1S/C16H28N2S/c1-5-13-7-9-14(10-8-13)15(17-6-2)16-11(3)18-12(4)19-16/h13-15,17H,5-10H2,1-4H3. The molecule has 1 unspecified atom stereocenters. The Kier molecular flexibility index (Phi) is 5.40. The second-order valence-corrected chi connectivity index (χ2v) is 7.14. The molecule has 1 heterocycles. The molecule has 1 saturated carbocycles. The van der Waals surface area contributed by atoms with Crippen LogP contribution < -0.4 is 5.32 Å². The maximum absolute atomic E-state index is 4.62. The monoisotopic (exact) mass is 280 g/mol. The van der Waals surface area contributed by atoms with Crippen molar-refractivity contribution in [2.24, 2.45) is 11.8 Å². The quantitative estimate of drug-likeness (QED) is 0.851. The number of rotatable bonds is 5. The zero-order valence-corrected chi connectivity index (χ0v) is 13.6. The normalized spacial score (nSPS) is 25.5. The number of thiazole rings is 1. The van der Waals surface area contributed by atoms with Crippen LogP contribution >= 0.6 is 11.3 Å². The van der Waals surface area contributed by atoms with Crippen LogP contribution in [0.1, 0.15) is 67.6 Å². The summed E-state index contributed by atoms with van der Waals surface area (Å²) in [6.45, 7) is 9.89. The average Bonchev–Trinajstić information content (AvgIpc) is 2.75. The van der Waals surface area contributed by atoms with E-state index in [-0.39, 0.29) is 0 Å². The highest BCUT2D eigenvalue weighted by molar-refractivity contribution is 7.11. The van der Waals surface area contributed by atoms with Gasteiger partial charge in [0.1, 0.15) is 0 Å². The van der Waals surface area contributed by atoms with Crippen molar-refractivity contribution in [1.29, 1.82) is 0 Å². The van der Waals surface area contributed by atoms with Crippen molar-refractivity contribution in [3.63, 3.8) is 0 Å². The van der Waals surface area contributed by atoms with Crippen LogP contribution in [0.3, 0.4) is 0 Å². The minimum Gasteiger partial charge on any atom is -0.309 e. The van der Waals surface area contributed by atoms with Crippen molar-refractivity contribution >= 4 is 11.3 Å². The third-order valence-corrected chi connectivity index (χ3v) is 5.74. The molecular formula is C16H28N2S. The van der Waals surface area contributed by atoms with E-state index < -0.39 is 0 Å².